The molecule has 3 N–H and O–H groups in total. The molecule has 0 aromatic carbocycles. The first-order valence-corrected chi connectivity index (χ1v) is 16.8. The normalized spacial score (nSPS) is 17.9. The first kappa shape index (κ1) is 42.7. The van der Waals surface area contributed by atoms with Gasteiger partial charge in [0.05, 0.1) is 0 Å². The number of nitrogens with one attached hydrogen (secondary N) is 3. The van der Waals surface area contributed by atoms with Crippen LogP contribution in [0.1, 0.15) is 102 Å². The lowest BCUT2D eigenvalue weighted by atomic mass is 10.2. The van der Waals surface area contributed by atoms with Crippen molar-refractivity contribution in [2.75, 3.05) is 58.9 Å². The van der Waals surface area contributed by atoms with E-state index in [2.05, 4.69) is 46.3 Å². The maximum absolute atomic E-state index is 12.1. The molecule has 1 aliphatic heterocycles. The van der Waals surface area contributed by atoms with Crippen LogP contribution < -0.4 is 16.3 Å². The SMILES string of the molecule is C/C(CN1CCCN(C/C(C)=N/NC(=O)OC(C)(C)C)CCCN(C/C(C)=N/NC(=O)OC(C)(C)C)CCC1)=N\NC(=O)OC(C)(C)C. The van der Waals surface area contributed by atoms with Gasteiger partial charge in [0.2, 0.25) is 0 Å². The van der Waals surface area contributed by atoms with E-state index in [4.69, 9.17) is 14.2 Å². The largest absolute Gasteiger partial charge is 0.443 e. The molecular formula is C33H63N9O6. The van der Waals surface area contributed by atoms with E-state index in [1.807, 2.05) is 83.1 Å². The molecule has 0 radical (unpaired) electrons. The standard InChI is InChI=1S/C33H63N9O6/c1-25(34-37-28(43)46-31(4,5)6)22-40-16-13-18-41(23-26(2)35-38-29(44)47-32(7,8)9)20-15-21-42(19-14-17-40)24-27(3)36-39-30(45)48-33(10,11)12/h13-24H2,1-12H3,(H,37,43)(H,38,44)(H,39,45)/b34-25+,35-26+,36-27+. The summed E-state index contributed by atoms with van der Waals surface area (Å²) in [6.07, 6.45) is 1.01. The lowest BCUT2D eigenvalue weighted by Crippen LogP contribution is -2.40. The van der Waals surface area contributed by atoms with Crippen LogP contribution in [0.2, 0.25) is 0 Å². The van der Waals surface area contributed by atoms with Gasteiger partial charge in [0.1, 0.15) is 16.8 Å². The first-order chi connectivity index (χ1) is 22.1. The van der Waals surface area contributed by atoms with Crippen molar-refractivity contribution in [2.45, 2.75) is 119 Å². The molecule has 0 aliphatic carbocycles. The number of nitrogens with zero attached hydrogens (tertiary/aromatic N) is 6. The summed E-state index contributed by atoms with van der Waals surface area (Å²) in [7, 11) is 0. The smallest absolute Gasteiger partial charge is 0.428 e. The number of rotatable bonds is 9. The minimum absolute atomic E-state index is 0.585. The van der Waals surface area contributed by atoms with E-state index in [0.29, 0.717) is 19.6 Å². The van der Waals surface area contributed by atoms with Crippen LogP contribution >= 0.6 is 0 Å². The van der Waals surface area contributed by atoms with Crippen molar-refractivity contribution < 1.29 is 28.6 Å². The van der Waals surface area contributed by atoms with Crippen LogP contribution in [-0.2, 0) is 14.2 Å². The van der Waals surface area contributed by atoms with Crippen LogP contribution in [0, 0.1) is 0 Å². The molecule has 0 atom stereocenters. The molecule has 1 saturated heterocycles. The molecule has 48 heavy (non-hydrogen) atoms. The Hall–Kier alpha value is -3.30. The van der Waals surface area contributed by atoms with E-state index >= 15 is 0 Å². The molecule has 1 rings (SSSR count). The third-order valence-corrected chi connectivity index (χ3v) is 6.41. The van der Waals surface area contributed by atoms with E-state index in [0.717, 1.165) is 75.7 Å². The zero-order valence-corrected chi connectivity index (χ0v) is 31.6. The zero-order valence-electron chi connectivity index (χ0n) is 31.6. The number of amides is 3. The lowest BCUT2D eigenvalue weighted by molar-refractivity contribution is 0.0517. The second-order valence-electron chi connectivity index (χ2n) is 15.3. The summed E-state index contributed by atoms with van der Waals surface area (Å²) >= 11 is 0. The first-order valence-electron chi connectivity index (χ1n) is 16.8. The zero-order chi connectivity index (χ0) is 36.5. The number of hydrogen-bond acceptors (Lipinski definition) is 12. The topological polar surface area (TPSA) is 162 Å². The fourth-order valence-corrected chi connectivity index (χ4v) is 4.77. The highest BCUT2D eigenvalue weighted by molar-refractivity contribution is 5.86. The maximum Gasteiger partial charge on any atom is 0.428 e. The highest BCUT2D eigenvalue weighted by Crippen LogP contribution is 2.09. The molecule has 0 unspecified atom stereocenters. The van der Waals surface area contributed by atoms with E-state index in [1.54, 1.807) is 0 Å². The lowest BCUT2D eigenvalue weighted by Gasteiger charge is -2.30. The minimum atomic E-state index is -0.605. The summed E-state index contributed by atoms with van der Waals surface area (Å²) in [5.41, 5.74) is 8.00. The summed E-state index contributed by atoms with van der Waals surface area (Å²) in [6.45, 7) is 28.7. The summed E-state index contributed by atoms with van der Waals surface area (Å²) in [5, 5.41) is 12.8. The van der Waals surface area contributed by atoms with E-state index in [9.17, 15) is 14.4 Å². The molecule has 276 valence electrons. The van der Waals surface area contributed by atoms with Gasteiger partial charge in [-0.15, -0.1) is 0 Å². The van der Waals surface area contributed by atoms with Crippen molar-refractivity contribution in [1.82, 2.24) is 31.0 Å². The van der Waals surface area contributed by atoms with E-state index in [1.165, 1.54) is 0 Å². The van der Waals surface area contributed by atoms with Crippen molar-refractivity contribution in [3.05, 3.63) is 0 Å². The van der Waals surface area contributed by atoms with Gasteiger partial charge in [0.25, 0.3) is 0 Å². The van der Waals surface area contributed by atoms with Crippen molar-refractivity contribution in [3.8, 4) is 0 Å². The van der Waals surface area contributed by atoms with Gasteiger partial charge < -0.3 is 14.2 Å². The van der Waals surface area contributed by atoms with Crippen LogP contribution in [0.25, 0.3) is 0 Å². The van der Waals surface area contributed by atoms with Crippen LogP contribution in [0.15, 0.2) is 15.3 Å². The van der Waals surface area contributed by atoms with Crippen molar-refractivity contribution in [3.63, 3.8) is 0 Å². The van der Waals surface area contributed by atoms with Gasteiger partial charge in [-0.2, -0.15) is 15.3 Å². The summed E-state index contributed by atoms with van der Waals surface area (Å²) in [6, 6.07) is 0. The Morgan fingerprint density at radius 3 is 0.875 bits per heavy atom. The van der Waals surface area contributed by atoms with Crippen molar-refractivity contribution >= 4 is 35.4 Å². The Bertz CT molecular complexity index is 970. The van der Waals surface area contributed by atoms with Crippen LogP contribution in [0.3, 0.4) is 0 Å². The predicted octanol–water partition coefficient (Wildman–Crippen LogP) is 4.78. The highest BCUT2D eigenvalue weighted by atomic mass is 16.6. The minimum Gasteiger partial charge on any atom is -0.443 e. The molecule has 15 heteroatoms. The van der Waals surface area contributed by atoms with Crippen LogP contribution in [0.5, 0.6) is 0 Å². The maximum atomic E-state index is 12.1. The summed E-state index contributed by atoms with van der Waals surface area (Å²) in [5.74, 6) is 0. The van der Waals surface area contributed by atoms with Crippen molar-refractivity contribution in [1.29, 1.82) is 0 Å². The van der Waals surface area contributed by atoms with Crippen LogP contribution in [0.4, 0.5) is 14.4 Å². The van der Waals surface area contributed by atoms with Gasteiger partial charge in [-0.1, -0.05) is 0 Å². The molecule has 15 nitrogen and oxygen atoms in total. The fraction of sp³-hybridized carbons (Fsp3) is 0.818. The average Bonchev–Trinajstić information content (AvgIpc) is 2.90. The molecular weight excluding hydrogens is 618 g/mol. The quantitative estimate of drug-likeness (QED) is 0.177. The molecule has 0 spiro atoms. The third-order valence-electron chi connectivity index (χ3n) is 6.41. The molecule has 1 heterocycles. The third kappa shape index (κ3) is 23.1. The molecule has 0 aromatic rings. The van der Waals surface area contributed by atoms with E-state index in [-0.39, 0.29) is 0 Å². The van der Waals surface area contributed by atoms with Gasteiger partial charge in [-0.3, -0.25) is 14.7 Å². The van der Waals surface area contributed by atoms with Gasteiger partial charge in [0, 0.05) is 36.8 Å². The summed E-state index contributed by atoms with van der Waals surface area (Å²) in [4.78, 5) is 43.3. The number of hydrogen-bond donors (Lipinski definition) is 3. The van der Waals surface area contributed by atoms with E-state index < -0.39 is 35.1 Å². The van der Waals surface area contributed by atoms with Crippen LogP contribution in [-0.4, -0.2) is 126 Å². The Morgan fingerprint density at radius 2 is 0.688 bits per heavy atom. The van der Waals surface area contributed by atoms with Gasteiger partial charge in [0.15, 0.2) is 0 Å². The Kier molecular flexibility index (Phi) is 18.0. The highest BCUT2D eigenvalue weighted by Gasteiger charge is 2.19. The van der Waals surface area contributed by atoms with Crippen molar-refractivity contribution in [2.24, 2.45) is 15.3 Å². The molecule has 3 amide bonds. The van der Waals surface area contributed by atoms with Gasteiger partial charge in [-0.25, -0.2) is 30.7 Å². The molecule has 1 fully saturated rings. The second kappa shape index (κ2) is 20.3. The number of ether oxygens (including phenoxy) is 3. The van der Waals surface area contributed by atoms with Gasteiger partial charge >= 0.3 is 18.3 Å². The molecule has 0 aromatic heterocycles. The average molecular weight is 682 g/mol. The second-order valence-corrected chi connectivity index (χ2v) is 15.3. The number of carbonyl (C=O) groups excluding carboxylic acids is 3. The monoisotopic (exact) mass is 681 g/mol. The van der Waals surface area contributed by atoms with Gasteiger partial charge in [-0.05, 0) is 142 Å². The predicted molar refractivity (Wildman–Crippen MR) is 191 cm³/mol. The summed E-state index contributed by atoms with van der Waals surface area (Å²) < 4.78 is 15.9. The Morgan fingerprint density at radius 1 is 0.479 bits per heavy atom. The molecule has 0 saturated carbocycles. The Labute approximate surface area is 288 Å². The number of carbonyl (C=O) groups is 3. The molecule has 0 bridgehead atoms. The number of hydrazone groups is 3. The molecule has 1 aliphatic rings. The Balaban J connectivity index is 3.00. The fourth-order valence-electron chi connectivity index (χ4n) is 4.77.